The van der Waals surface area contributed by atoms with E-state index in [1.54, 1.807) is 0 Å². The van der Waals surface area contributed by atoms with Crippen LogP contribution in [0.25, 0.3) is 0 Å². The lowest BCUT2D eigenvalue weighted by Gasteiger charge is -2.36. The first-order chi connectivity index (χ1) is 7.51. The van der Waals surface area contributed by atoms with Gasteiger partial charge in [0.2, 0.25) is 0 Å². The third kappa shape index (κ3) is 2.57. The molecule has 0 N–H and O–H groups in total. The van der Waals surface area contributed by atoms with Crippen molar-refractivity contribution in [2.24, 2.45) is 17.8 Å². The Morgan fingerprint density at radius 3 is 2.44 bits per heavy atom. The smallest absolute Gasteiger partial charge is 0.438 e. The van der Waals surface area contributed by atoms with Crippen molar-refractivity contribution in [2.75, 3.05) is 7.11 Å². The van der Waals surface area contributed by atoms with Crippen LogP contribution in [0.4, 0.5) is 4.79 Å². The van der Waals surface area contributed by atoms with Gasteiger partial charge in [-0.1, -0.05) is 33.3 Å². The lowest BCUT2D eigenvalue weighted by Crippen LogP contribution is -2.35. The van der Waals surface area contributed by atoms with E-state index in [9.17, 15) is 4.79 Å². The first kappa shape index (κ1) is 13.1. The largest absolute Gasteiger partial charge is 0.508 e. The van der Waals surface area contributed by atoms with Crippen molar-refractivity contribution in [3.05, 3.63) is 11.6 Å². The molecule has 1 aliphatic carbocycles. The van der Waals surface area contributed by atoms with Crippen LogP contribution in [0.2, 0.25) is 0 Å². The number of hydrogen-bond acceptors (Lipinski definition) is 3. The SMILES string of the molecule is CCC1=C[C@H](OC(=O)OC)[C@H](C)[C@@H](C)[C@@H]1C. The van der Waals surface area contributed by atoms with Gasteiger partial charge in [0.05, 0.1) is 7.11 Å². The molecule has 0 bridgehead atoms. The molecular formula is C13H22O3. The summed E-state index contributed by atoms with van der Waals surface area (Å²) >= 11 is 0. The first-order valence-corrected chi connectivity index (χ1v) is 5.96. The Kier molecular flexibility index (Phi) is 4.39. The van der Waals surface area contributed by atoms with Crippen molar-refractivity contribution < 1.29 is 14.3 Å². The molecular weight excluding hydrogens is 204 g/mol. The van der Waals surface area contributed by atoms with Crippen LogP contribution in [0.15, 0.2) is 11.6 Å². The molecule has 0 heterocycles. The van der Waals surface area contributed by atoms with Crippen molar-refractivity contribution in [2.45, 2.75) is 40.2 Å². The zero-order chi connectivity index (χ0) is 12.3. The minimum atomic E-state index is -0.592. The molecule has 1 aliphatic rings. The van der Waals surface area contributed by atoms with Crippen LogP contribution in [-0.4, -0.2) is 19.4 Å². The van der Waals surface area contributed by atoms with Crippen molar-refractivity contribution in [1.29, 1.82) is 0 Å². The first-order valence-electron chi connectivity index (χ1n) is 5.96. The van der Waals surface area contributed by atoms with Crippen LogP contribution < -0.4 is 0 Å². The van der Waals surface area contributed by atoms with E-state index in [4.69, 9.17) is 4.74 Å². The third-order valence-electron chi connectivity index (χ3n) is 3.91. The summed E-state index contributed by atoms with van der Waals surface area (Å²) < 4.78 is 9.81. The summed E-state index contributed by atoms with van der Waals surface area (Å²) in [6, 6.07) is 0. The van der Waals surface area contributed by atoms with Crippen LogP contribution in [0.1, 0.15) is 34.1 Å². The van der Waals surface area contributed by atoms with Crippen LogP contribution in [0, 0.1) is 17.8 Å². The van der Waals surface area contributed by atoms with Gasteiger partial charge in [-0.2, -0.15) is 0 Å². The van der Waals surface area contributed by atoms with Gasteiger partial charge in [0.15, 0.2) is 0 Å². The zero-order valence-electron chi connectivity index (χ0n) is 10.8. The number of hydrogen-bond donors (Lipinski definition) is 0. The fraction of sp³-hybridized carbons (Fsp3) is 0.769. The van der Waals surface area contributed by atoms with Crippen molar-refractivity contribution in [3.8, 4) is 0 Å². The molecule has 0 fully saturated rings. The quantitative estimate of drug-likeness (QED) is 0.534. The standard InChI is InChI=1S/C13H22O3/c1-6-11-7-12(16-13(14)15-5)10(4)8(2)9(11)3/h7-10,12H,6H2,1-5H3/t8-,9-,10+,12-/m0/s1. The summed E-state index contributed by atoms with van der Waals surface area (Å²) in [7, 11) is 1.34. The molecule has 16 heavy (non-hydrogen) atoms. The summed E-state index contributed by atoms with van der Waals surface area (Å²) in [6.45, 7) is 8.72. The van der Waals surface area contributed by atoms with Crippen LogP contribution >= 0.6 is 0 Å². The molecule has 0 aliphatic heterocycles. The Labute approximate surface area is 97.8 Å². The third-order valence-corrected chi connectivity index (χ3v) is 3.91. The van der Waals surface area contributed by atoms with Gasteiger partial charge in [0.25, 0.3) is 0 Å². The van der Waals surface area contributed by atoms with Crippen molar-refractivity contribution in [3.63, 3.8) is 0 Å². The second kappa shape index (κ2) is 5.37. The highest BCUT2D eigenvalue weighted by Gasteiger charge is 2.34. The Morgan fingerprint density at radius 2 is 1.94 bits per heavy atom. The molecule has 4 atom stereocenters. The summed E-state index contributed by atoms with van der Waals surface area (Å²) in [4.78, 5) is 11.1. The van der Waals surface area contributed by atoms with Gasteiger partial charge in [-0.15, -0.1) is 0 Å². The van der Waals surface area contributed by atoms with Gasteiger partial charge in [0, 0.05) is 5.92 Å². The molecule has 0 spiro atoms. The molecule has 3 heteroatoms. The predicted molar refractivity (Wildman–Crippen MR) is 63.1 cm³/mol. The van der Waals surface area contributed by atoms with Gasteiger partial charge < -0.3 is 9.47 Å². The summed E-state index contributed by atoms with van der Waals surface area (Å²) in [5.74, 6) is 1.43. The average molecular weight is 226 g/mol. The van der Waals surface area contributed by atoms with Gasteiger partial charge in [-0.25, -0.2) is 4.79 Å². The Morgan fingerprint density at radius 1 is 1.31 bits per heavy atom. The molecule has 0 aromatic carbocycles. The fourth-order valence-corrected chi connectivity index (χ4v) is 2.35. The molecule has 92 valence electrons. The topological polar surface area (TPSA) is 35.5 Å². The number of rotatable bonds is 2. The molecule has 0 aromatic heterocycles. The van der Waals surface area contributed by atoms with Gasteiger partial charge in [-0.3, -0.25) is 0 Å². The van der Waals surface area contributed by atoms with Crippen LogP contribution in [-0.2, 0) is 9.47 Å². The second-order valence-electron chi connectivity index (χ2n) is 4.64. The highest BCUT2D eigenvalue weighted by molar-refractivity contribution is 5.60. The monoisotopic (exact) mass is 226 g/mol. The maximum atomic E-state index is 11.1. The predicted octanol–water partition coefficient (Wildman–Crippen LogP) is 3.40. The lowest BCUT2D eigenvalue weighted by molar-refractivity contribution is 0.0160. The van der Waals surface area contributed by atoms with Crippen molar-refractivity contribution in [1.82, 2.24) is 0 Å². The molecule has 0 saturated heterocycles. The number of carbonyl (C=O) groups excluding carboxylic acids is 1. The van der Waals surface area contributed by atoms with Gasteiger partial charge >= 0.3 is 6.16 Å². The summed E-state index contributed by atoms with van der Waals surface area (Å²) in [5.41, 5.74) is 1.37. The van der Waals surface area contributed by atoms with E-state index < -0.39 is 6.16 Å². The van der Waals surface area contributed by atoms with E-state index in [0.717, 1.165) is 6.42 Å². The van der Waals surface area contributed by atoms with Crippen LogP contribution in [0.5, 0.6) is 0 Å². The number of ether oxygens (including phenoxy) is 2. The van der Waals surface area contributed by atoms with E-state index in [1.165, 1.54) is 12.7 Å². The van der Waals surface area contributed by atoms with E-state index in [2.05, 4.69) is 38.5 Å². The second-order valence-corrected chi connectivity index (χ2v) is 4.64. The summed E-state index contributed by atoms with van der Waals surface area (Å²) in [5, 5.41) is 0. The highest BCUT2D eigenvalue weighted by Crippen LogP contribution is 2.37. The number of carbonyl (C=O) groups is 1. The van der Waals surface area contributed by atoms with Gasteiger partial charge in [0.1, 0.15) is 6.10 Å². The summed E-state index contributed by atoms with van der Waals surface area (Å²) in [6.07, 6.45) is 2.37. The Bertz CT molecular complexity index is 283. The maximum absolute atomic E-state index is 11.1. The normalized spacial score (nSPS) is 34.2. The molecule has 3 nitrogen and oxygen atoms in total. The molecule has 1 rings (SSSR count). The van der Waals surface area contributed by atoms with E-state index in [1.807, 2.05) is 0 Å². The number of allylic oxidation sites excluding steroid dienone is 1. The van der Waals surface area contributed by atoms with E-state index in [-0.39, 0.29) is 6.10 Å². The fourth-order valence-electron chi connectivity index (χ4n) is 2.35. The average Bonchev–Trinajstić information content (AvgIpc) is 2.29. The number of methoxy groups -OCH3 is 1. The van der Waals surface area contributed by atoms with E-state index in [0.29, 0.717) is 17.8 Å². The highest BCUT2D eigenvalue weighted by atomic mass is 16.7. The molecule has 0 radical (unpaired) electrons. The Balaban J connectivity index is 2.83. The zero-order valence-corrected chi connectivity index (χ0v) is 10.8. The molecule has 0 amide bonds. The van der Waals surface area contributed by atoms with Gasteiger partial charge in [-0.05, 0) is 24.3 Å². The van der Waals surface area contributed by atoms with Crippen LogP contribution in [0.3, 0.4) is 0 Å². The molecule has 0 unspecified atom stereocenters. The minimum Gasteiger partial charge on any atom is -0.438 e. The van der Waals surface area contributed by atoms with E-state index >= 15 is 0 Å². The Hall–Kier alpha value is -0.990. The molecule has 0 aromatic rings. The minimum absolute atomic E-state index is 0.145. The maximum Gasteiger partial charge on any atom is 0.508 e. The molecule has 0 saturated carbocycles. The lowest BCUT2D eigenvalue weighted by atomic mass is 9.72. The van der Waals surface area contributed by atoms with Crippen molar-refractivity contribution >= 4 is 6.16 Å².